The van der Waals surface area contributed by atoms with E-state index in [2.05, 4.69) is 5.32 Å². The number of ether oxygens (including phenoxy) is 5. The molecule has 2 aromatic rings. The van der Waals surface area contributed by atoms with E-state index in [1.165, 1.54) is 21.3 Å². The van der Waals surface area contributed by atoms with Crippen LogP contribution < -0.4 is 24.3 Å². The van der Waals surface area contributed by atoms with Gasteiger partial charge in [0.05, 0.1) is 27.9 Å². The Kier molecular flexibility index (Phi) is 9.38. The molecule has 0 aliphatic carbocycles. The SMILES string of the molecule is CCOC(=O)Oc1ccc(C(=O)NCC2CCN(C(=O)c3cc(OC)c(OC)c(OC)c3)CC2)cc1. The zero-order chi connectivity index (χ0) is 26.1. The minimum Gasteiger partial charge on any atom is -0.493 e. The molecule has 1 saturated heterocycles. The first-order valence-electron chi connectivity index (χ1n) is 11.7. The molecule has 1 aliphatic heterocycles. The summed E-state index contributed by atoms with van der Waals surface area (Å²) < 4.78 is 25.8. The summed E-state index contributed by atoms with van der Waals surface area (Å²) >= 11 is 0. The van der Waals surface area contributed by atoms with Gasteiger partial charge in [0, 0.05) is 30.8 Å². The van der Waals surface area contributed by atoms with E-state index in [9.17, 15) is 14.4 Å². The van der Waals surface area contributed by atoms with E-state index in [4.69, 9.17) is 23.7 Å². The zero-order valence-corrected chi connectivity index (χ0v) is 21.0. The van der Waals surface area contributed by atoms with Crippen LogP contribution in [0, 0.1) is 5.92 Å². The first-order chi connectivity index (χ1) is 17.4. The minimum absolute atomic E-state index is 0.109. The molecule has 1 N–H and O–H groups in total. The van der Waals surface area contributed by atoms with Gasteiger partial charge in [0.25, 0.3) is 11.8 Å². The maximum atomic E-state index is 13.1. The van der Waals surface area contributed by atoms with Crippen molar-refractivity contribution in [1.29, 1.82) is 0 Å². The van der Waals surface area contributed by atoms with Gasteiger partial charge >= 0.3 is 6.16 Å². The maximum absolute atomic E-state index is 13.1. The number of hydrogen-bond donors (Lipinski definition) is 1. The predicted octanol–water partition coefficient (Wildman–Crippen LogP) is 3.53. The van der Waals surface area contributed by atoms with Crippen LogP contribution in [-0.2, 0) is 4.74 Å². The third kappa shape index (κ3) is 6.59. The van der Waals surface area contributed by atoms with Crippen LogP contribution in [0.3, 0.4) is 0 Å². The highest BCUT2D eigenvalue weighted by Gasteiger charge is 2.26. The smallest absolute Gasteiger partial charge is 0.493 e. The fraction of sp³-hybridized carbons (Fsp3) is 0.423. The van der Waals surface area contributed by atoms with E-state index < -0.39 is 6.16 Å². The summed E-state index contributed by atoms with van der Waals surface area (Å²) in [5, 5.41) is 2.95. The first kappa shape index (κ1) is 26.7. The number of nitrogens with one attached hydrogen (secondary N) is 1. The fourth-order valence-electron chi connectivity index (χ4n) is 3.98. The highest BCUT2D eigenvalue weighted by molar-refractivity contribution is 5.96. The molecule has 2 aromatic carbocycles. The Morgan fingerprint density at radius 2 is 1.53 bits per heavy atom. The van der Waals surface area contributed by atoms with Gasteiger partial charge in [-0.2, -0.15) is 0 Å². The number of piperidine rings is 1. The average Bonchev–Trinajstić information content (AvgIpc) is 2.91. The Hall–Kier alpha value is -3.95. The number of rotatable bonds is 9. The molecule has 1 fully saturated rings. The van der Waals surface area contributed by atoms with Gasteiger partial charge < -0.3 is 33.9 Å². The topological polar surface area (TPSA) is 113 Å². The molecule has 194 valence electrons. The molecular weight excluding hydrogens is 468 g/mol. The van der Waals surface area contributed by atoms with Crippen molar-refractivity contribution in [3.8, 4) is 23.0 Å². The lowest BCUT2D eigenvalue weighted by molar-refractivity contribution is 0.0683. The molecule has 10 nitrogen and oxygen atoms in total. The Bertz CT molecular complexity index is 1040. The molecule has 2 amide bonds. The molecule has 1 heterocycles. The van der Waals surface area contributed by atoms with Crippen LogP contribution in [0.5, 0.6) is 23.0 Å². The second kappa shape index (κ2) is 12.7. The monoisotopic (exact) mass is 500 g/mol. The van der Waals surface area contributed by atoms with Crippen molar-refractivity contribution in [3.63, 3.8) is 0 Å². The summed E-state index contributed by atoms with van der Waals surface area (Å²) in [6, 6.07) is 9.56. The van der Waals surface area contributed by atoms with Crippen LogP contribution in [0.2, 0.25) is 0 Å². The number of carbonyl (C=O) groups excluding carboxylic acids is 3. The van der Waals surface area contributed by atoms with Crippen molar-refractivity contribution in [1.82, 2.24) is 10.2 Å². The second-order valence-electron chi connectivity index (χ2n) is 8.17. The van der Waals surface area contributed by atoms with Crippen LogP contribution in [0.15, 0.2) is 36.4 Å². The lowest BCUT2D eigenvalue weighted by Gasteiger charge is -2.32. The Morgan fingerprint density at radius 3 is 2.06 bits per heavy atom. The lowest BCUT2D eigenvalue weighted by atomic mass is 9.96. The maximum Gasteiger partial charge on any atom is 0.513 e. The van der Waals surface area contributed by atoms with Gasteiger partial charge in [-0.3, -0.25) is 9.59 Å². The van der Waals surface area contributed by atoms with E-state index in [0.717, 1.165) is 12.8 Å². The summed E-state index contributed by atoms with van der Waals surface area (Å²) in [5.41, 5.74) is 0.924. The quantitative estimate of drug-likeness (QED) is 0.411. The zero-order valence-electron chi connectivity index (χ0n) is 21.0. The van der Waals surface area contributed by atoms with Crippen molar-refractivity contribution in [3.05, 3.63) is 47.5 Å². The van der Waals surface area contributed by atoms with Gasteiger partial charge in [0.15, 0.2) is 11.5 Å². The molecule has 10 heteroatoms. The van der Waals surface area contributed by atoms with Gasteiger partial charge in [-0.25, -0.2) is 4.79 Å². The van der Waals surface area contributed by atoms with Crippen molar-refractivity contribution < 1.29 is 38.1 Å². The number of hydrogen-bond acceptors (Lipinski definition) is 8. The van der Waals surface area contributed by atoms with E-state index in [1.54, 1.807) is 48.2 Å². The number of amides is 2. The third-order valence-electron chi connectivity index (χ3n) is 5.94. The minimum atomic E-state index is -0.787. The molecule has 0 atom stereocenters. The summed E-state index contributed by atoms with van der Waals surface area (Å²) in [7, 11) is 4.54. The molecule has 3 rings (SSSR count). The summed E-state index contributed by atoms with van der Waals surface area (Å²) in [6.07, 6.45) is 0.746. The van der Waals surface area contributed by atoms with Crippen LogP contribution >= 0.6 is 0 Å². The van der Waals surface area contributed by atoms with Gasteiger partial charge in [0.2, 0.25) is 5.75 Å². The van der Waals surface area contributed by atoms with E-state index in [1.807, 2.05) is 0 Å². The fourth-order valence-corrected chi connectivity index (χ4v) is 3.98. The molecule has 0 aromatic heterocycles. The molecule has 1 aliphatic rings. The summed E-state index contributed by atoms with van der Waals surface area (Å²) in [4.78, 5) is 38.8. The lowest BCUT2D eigenvalue weighted by Crippen LogP contribution is -2.41. The standard InChI is InChI=1S/C26H32N2O8/c1-5-35-26(31)36-20-8-6-18(7-9-20)24(29)27-16-17-10-12-28(13-11-17)25(30)19-14-21(32-2)23(34-4)22(15-19)33-3/h6-9,14-15,17H,5,10-13,16H2,1-4H3,(H,27,29). The molecule has 0 saturated carbocycles. The van der Waals surface area contributed by atoms with Gasteiger partial charge in [-0.1, -0.05) is 0 Å². The van der Waals surface area contributed by atoms with Crippen molar-refractivity contribution in [2.45, 2.75) is 19.8 Å². The molecule has 36 heavy (non-hydrogen) atoms. The normalized spacial score (nSPS) is 13.5. The number of methoxy groups -OCH3 is 3. The predicted molar refractivity (Wildman–Crippen MR) is 131 cm³/mol. The third-order valence-corrected chi connectivity index (χ3v) is 5.94. The highest BCUT2D eigenvalue weighted by atomic mass is 16.7. The number of benzene rings is 2. The number of carbonyl (C=O) groups is 3. The largest absolute Gasteiger partial charge is 0.513 e. The first-order valence-corrected chi connectivity index (χ1v) is 11.7. The Morgan fingerprint density at radius 1 is 0.917 bits per heavy atom. The molecule has 0 radical (unpaired) electrons. The van der Waals surface area contributed by atoms with E-state index >= 15 is 0 Å². The van der Waals surface area contributed by atoms with Crippen molar-refractivity contribution in [2.24, 2.45) is 5.92 Å². The Balaban J connectivity index is 1.50. The highest BCUT2D eigenvalue weighted by Crippen LogP contribution is 2.38. The van der Waals surface area contributed by atoms with Gasteiger partial charge in [-0.05, 0) is 62.1 Å². The van der Waals surface area contributed by atoms with E-state index in [-0.39, 0.29) is 24.3 Å². The number of likely N-dealkylation sites (tertiary alicyclic amines) is 1. The molecular formula is C26H32N2O8. The molecule has 0 spiro atoms. The van der Waals surface area contributed by atoms with Crippen LogP contribution in [0.4, 0.5) is 4.79 Å². The Labute approximate surface area is 210 Å². The molecule has 0 unspecified atom stereocenters. The van der Waals surface area contributed by atoms with Crippen molar-refractivity contribution >= 4 is 18.0 Å². The summed E-state index contributed by atoms with van der Waals surface area (Å²) in [5.74, 6) is 1.53. The van der Waals surface area contributed by atoms with Crippen molar-refractivity contribution in [2.75, 3.05) is 47.6 Å². The number of nitrogens with zero attached hydrogens (tertiary/aromatic N) is 1. The molecule has 0 bridgehead atoms. The van der Waals surface area contributed by atoms with Crippen LogP contribution in [0.25, 0.3) is 0 Å². The second-order valence-corrected chi connectivity index (χ2v) is 8.17. The van der Waals surface area contributed by atoms with E-state index in [0.29, 0.717) is 53.8 Å². The average molecular weight is 501 g/mol. The van der Waals surface area contributed by atoms with Gasteiger partial charge in [-0.15, -0.1) is 0 Å². The van der Waals surface area contributed by atoms with Gasteiger partial charge in [0.1, 0.15) is 5.75 Å². The summed E-state index contributed by atoms with van der Waals surface area (Å²) in [6.45, 7) is 3.57. The van der Waals surface area contributed by atoms with Crippen LogP contribution in [0.1, 0.15) is 40.5 Å². The van der Waals surface area contributed by atoms with Crippen LogP contribution in [-0.4, -0.2) is 70.4 Å².